The summed E-state index contributed by atoms with van der Waals surface area (Å²) in [5.74, 6) is -7.50. The van der Waals surface area contributed by atoms with Crippen LogP contribution in [0.15, 0.2) is 352 Å². The van der Waals surface area contributed by atoms with Gasteiger partial charge in [0, 0.05) is 110 Å². The molecule has 0 unspecified atom stereocenters. The number of nitrogens with zero attached hydrogens (tertiary/aromatic N) is 9. The Morgan fingerprint density at radius 1 is 0.164 bits per heavy atom. The van der Waals surface area contributed by atoms with E-state index in [2.05, 4.69) is 132 Å². The van der Waals surface area contributed by atoms with Gasteiger partial charge in [-0.3, -0.25) is 0 Å². The number of rotatable bonds is 6. The van der Waals surface area contributed by atoms with Crippen molar-refractivity contribution < 1.29 is 35.1 Å². The fourth-order valence-corrected chi connectivity index (χ4v) is 25.4. The van der Waals surface area contributed by atoms with Gasteiger partial charge in [0.1, 0.15) is 69.3 Å². The fourth-order valence-electron chi connectivity index (χ4n) is 25.4. The zero-order valence-corrected chi connectivity index (χ0v) is 70.3. The lowest BCUT2D eigenvalue weighted by Crippen LogP contribution is -2.67. The van der Waals surface area contributed by atoms with E-state index in [1.165, 1.54) is 72.8 Å². The summed E-state index contributed by atoms with van der Waals surface area (Å²) in [7, 11) is 0. The molecule has 0 bridgehead atoms. The molecular weight excluding hydrogens is 1680 g/mol. The van der Waals surface area contributed by atoms with Gasteiger partial charge in [-0.15, -0.1) is 0 Å². The number of hydrogen-bond donors (Lipinski definition) is 0. The van der Waals surface area contributed by atoms with Crippen molar-refractivity contribution in [2.45, 2.75) is 0 Å². The van der Waals surface area contributed by atoms with Gasteiger partial charge in [0.15, 0.2) is 0 Å². The Morgan fingerprint density at radius 2 is 0.373 bits per heavy atom. The lowest BCUT2D eigenvalue weighted by atomic mass is 9.28. The second-order valence-electron chi connectivity index (χ2n) is 36.1. The first-order valence-corrected chi connectivity index (χ1v) is 44.9. The van der Waals surface area contributed by atoms with Gasteiger partial charge < -0.3 is 42.6 Å². The minimum absolute atomic E-state index is 0.185. The van der Waals surface area contributed by atoms with Crippen LogP contribution in [-0.4, -0.2) is 33.3 Å². The van der Waals surface area contributed by atoms with E-state index >= 15 is 35.1 Å². The quantitative estimate of drug-likeness (QED) is 0.122. The van der Waals surface area contributed by atoms with Gasteiger partial charge >= 0.3 is 0 Å². The topological polar surface area (TPSA) is 32.7 Å². The van der Waals surface area contributed by atoms with Crippen molar-refractivity contribution in [3.05, 3.63) is 398 Å². The van der Waals surface area contributed by atoms with Gasteiger partial charge in [0.25, 0.3) is 20.1 Å². The van der Waals surface area contributed by atoms with Crippen LogP contribution in [-0.2, 0) is 0 Å². The summed E-state index contributed by atoms with van der Waals surface area (Å²) in [6.45, 7) is -2.96. The zero-order chi connectivity index (χ0) is 88.3. The Kier molecular flexibility index (Phi) is 13.9. The largest absolute Gasteiger partial charge is 0.311 e. The molecule has 31 rings (SSSR count). The van der Waals surface area contributed by atoms with E-state index in [1.807, 2.05) is 170 Å². The summed E-state index contributed by atoms with van der Waals surface area (Å²) < 4.78 is 160. The van der Waals surface area contributed by atoms with E-state index in [4.69, 9.17) is 0 Å². The van der Waals surface area contributed by atoms with Crippen LogP contribution in [0.3, 0.4) is 0 Å². The molecule has 134 heavy (non-hydrogen) atoms. The highest BCUT2D eigenvalue weighted by Gasteiger charge is 2.56. The third-order valence-corrected chi connectivity index (χ3v) is 29.9. The SMILES string of the molecule is Fc1cccc(F)c1N1c2cc3c(cc2B2c4ccccc4N(c4ccccc4)c4c2c1c1c2ccccc2n2c5ccccc5c4c12)B1c2cc4c(cc2N(c2c(F)cccc2F)c2c1c(c1c5ccccc5n5c6ccccc6c2c15)N3c1c(F)cccc1F)N(c1c(F)cccc1F)c1c2c(c3c5ccccc5n5c6ccccc6c1c35)N(c1ccccc1)c1ccccc1B42. The molecule has 0 N–H and O–H groups in total. The van der Waals surface area contributed by atoms with Gasteiger partial charge in [-0.25, -0.2) is 35.1 Å². The normalized spacial score (nSPS) is 14.0. The van der Waals surface area contributed by atoms with E-state index in [1.54, 1.807) is 19.6 Å². The van der Waals surface area contributed by atoms with Crippen molar-refractivity contribution in [2.75, 3.05) is 29.4 Å². The van der Waals surface area contributed by atoms with E-state index in [-0.39, 0.29) is 34.1 Å². The van der Waals surface area contributed by atoms with Gasteiger partial charge in [0.05, 0.1) is 83.8 Å². The molecule has 12 heterocycles. The molecule has 0 atom stereocenters. The third kappa shape index (κ3) is 8.68. The van der Waals surface area contributed by atoms with Crippen LogP contribution >= 0.6 is 0 Å². The van der Waals surface area contributed by atoms with Crippen molar-refractivity contribution in [3.63, 3.8) is 0 Å². The number of para-hydroxylation sites is 14. The van der Waals surface area contributed by atoms with E-state index < -0.39 is 89.4 Å². The number of benzene rings is 19. The highest BCUT2D eigenvalue weighted by molar-refractivity contribution is 7.05. The molecule has 6 aliphatic heterocycles. The zero-order valence-electron chi connectivity index (χ0n) is 70.3. The highest BCUT2D eigenvalue weighted by Crippen LogP contribution is 2.62. The Balaban J connectivity index is 0.819. The van der Waals surface area contributed by atoms with Crippen LogP contribution in [0.25, 0.3) is 114 Å². The maximum absolute atomic E-state index is 19.3. The predicted molar refractivity (Wildman–Crippen MR) is 532 cm³/mol. The Morgan fingerprint density at radius 3 is 0.627 bits per heavy atom. The molecular formula is C114H58B3F8N9. The molecule has 0 aliphatic carbocycles. The third-order valence-electron chi connectivity index (χ3n) is 29.9. The van der Waals surface area contributed by atoms with Crippen LogP contribution in [0.1, 0.15) is 0 Å². The molecule has 0 amide bonds. The second-order valence-corrected chi connectivity index (χ2v) is 36.1. The molecule has 19 aromatic carbocycles. The summed E-state index contributed by atoms with van der Waals surface area (Å²) in [6, 6.07) is 108. The average molecular weight is 1740 g/mol. The van der Waals surface area contributed by atoms with Crippen LogP contribution in [0, 0.1) is 46.5 Å². The monoisotopic (exact) mass is 1740 g/mol. The minimum atomic E-state index is -1.22. The van der Waals surface area contributed by atoms with Gasteiger partial charge in [0.2, 0.25) is 0 Å². The predicted octanol–water partition coefficient (Wildman–Crippen LogP) is 24.5. The van der Waals surface area contributed by atoms with Crippen LogP contribution in [0.5, 0.6) is 0 Å². The summed E-state index contributed by atoms with van der Waals surface area (Å²) >= 11 is 0. The second kappa shape index (κ2) is 25.6. The fraction of sp³-hybridized carbons (Fsp3) is 0. The van der Waals surface area contributed by atoms with Crippen molar-refractivity contribution in [1.29, 1.82) is 0 Å². The highest BCUT2D eigenvalue weighted by atomic mass is 19.2. The number of halogens is 8. The molecule has 0 radical (unpaired) electrons. The molecule has 0 saturated heterocycles. The molecule has 0 spiro atoms. The smallest absolute Gasteiger partial charge is 0.252 e. The first-order valence-electron chi connectivity index (χ1n) is 44.9. The minimum Gasteiger partial charge on any atom is -0.311 e. The molecule has 624 valence electrons. The molecule has 6 aliphatic rings. The molecule has 9 nitrogen and oxygen atoms in total. The van der Waals surface area contributed by atoms with E-state index in [0.29, 0.717) is 98.5 Å². The van der Waals surface area contributed by atoms with Crippen molar-refractivity contribution in [3.8, 4) is 0 Å². The molecule has 20 heteroatoms. The Bertz CT molecular complexity index is 9080. The number of fused-ring (bicyclic) bond motifs is 36. The molecule has 0 saturated carbocycles. The van der Waals surface area contributed by atoms with Crippen molar-refractivity contribution in [2.24, 2.45) is 0 Å². The summed E-state index contributed by atoms with van der Waals surface area (Å²) in [5.41, 5.74) is 17.5. The van der Waals surface area contributed by atoms with E-state index in [9.17, 15) is 0 Å². The summed E-state index contributed by atoms with van der Waals surface area (Å²) in [6.07, 6.45) is 0. The summed E-state index contributed by atoms with van der Waals surface area (Å²) in [4.78, 5) is 11.3. The summed E-state index contributed by atoms with van der Waals surface area (Å²) in [5, 5.41) is 8.96. The molecule has 6 aromatic heterocycles. The average Bonchev–Trinajstić information content (AvgIpc) is 1.39. The van der Waals surface area contributed by atoms with Crippen LogP contribution in [0.2, 0.25) is 0 Å². The number of aromatic nitrogens is 3. The Hall–Kier alpha value is -17.0. The van der Waals surface area contributed by atoms with Gasteiger partial charge in [-0.2, -0.15) is 0 Å². The van der Waals surface area contributed by atoms with E-state index in [0.717, 1.165) is 110 Å². The molecule has 0 fully saturated rings. The standard InChI is InChI=1S/C114H58B3F8N9/c118-73-39-23-40-74(119)102(73)131-89-57-91-71(55-69(89)115-67-37-13-21-53-87(67)126(59-27-3-1-4-28-59)109-93-61-31-7-15-47-81(61)128-83-49-17-9-33-63(83)95(106(93)128)111(131)99(109)115)117-72-56-70-90(58-92(72)134(105-79(124)45-26-46-80(105)125)114-98-66-36-12-20-52-86(66)130-85-51-19-11-35-65(85)97(108(98)130)113(101(114)117)133(91)104-77(122)43-25-44-78(104)123)132(103-75(120)41-24-42-76(103)121)112-96-64-34-10-18-50-84(64)129-82-48-16-8-32-62(82)94(107(96)129)110-100(112)116(70)68-38-14-22-54-88(68)127(110)60-29-5-2-6-30-60/h1-58H. The Labute approximate surface area is 757 Å². The van der Waals surface area contributed by atoms with Gasteiger partial charge in [-0.05, 0) is 183 Å². The lowest BCUT2D eigenvalue weighted by molar-refractivity contribution is 0.585. The first kappa shape index (κ1) is 72.9. The lowest BCUT2D eigenvalue weighted by Gasteiger charge is -2.49. The number of hydrogen-bond acceptors (Lipinski definition) is 6. The maximum Gasteiger partial charge on any atom is 0.252 e. The number of anilines is 18. The van der Waals surface area contributed by atoms with Gasteiger partial charge in [-0.1, -0.05) is 218 Å². The molecule has 25 aromatic rings. The van der Waals surface area contributed by atoms with Crippen molar-refractivity contribution >= 4 is 286 Å². The van der Waals surface area contributed by atoms with Crippen LogP contribution < -0.4 is 78.6 Å². The maximum atomic E-state index is 19.3. The van der Waals surface area contributed by atoms with Crippen molar-refractivity contribution in [1.82, 2.24) is 13.2 Å². The first-order chi connectivity index (χ1) is 66.0. The van der Waals surface area contributed by atoms with Crippen LogP contribution in [0.4, 0.5) is 137 Å².